The maximum absolute atomic E-state index is 12.2. The number of benzene rings is 1. The van der Waals surface area contributed by atoms with Gasteiger partial charge in [-0.2, -0.15) is 0 Å². The quantitative estimate of drug-likeness (QED) is 0.612. The Bertz CT molecular complexity index is 598. The topological polar surface area (TPSA) is 80.5 Å². The molecule has 0 fully saturated rings. The maximum atomic E-state index is 12.2. The minimum Gasteiger partial charge on any atom is -0.269 e. The number of rotatable bonds is 5. The van der Waals surface area contributed by atoms with Gasteiger partial charge in [0.2, 0.25) is 10.0 Å². The van der Waals surface area contributed by atoms with Crippen LogP contribution in [0.3, 0.4) is 0 Å². The lowest BCUT2D eigenvalue weighted by Gasteiger charge is -2.19. The fourth-order valence-electron chi connectivity index (χ4n) is 2.18. The lowest BCUT2D eigenvalue weighted by Crippen LogP contribution is -2.31. The van der Waals surface area contributed by atoms with Crippen molar-refractivity contribution in [2.75, 3.05) is 16.6 Å². The van der Waals surface area contributed by atoms with Gasteiger partial charge in [-0.15, -0.1) is 0 Å². The predicted molar refractivity (Wildman–Crippen MR) is 72.8 cm³/mol. The molecule has 104 valence electrons. The zero-order chi connectivity index (χ0) is 14.0. The minimum atomic E-state index is -3.37. The molecule has 0 saturated carbocycles. The molecule has 0 aliphatic carbocycles. The van der Waals surface area contributed by atoms with Crippen molar-refractivity contribution in [3.63, 3.8) is 0 Å². The van der Waals surface area contributed by atoms with Gasteiger partial charge in [0.05, 0.1) is 16.4 Å². The van der Waals surface area contributed by atoms with Crippen molar-refractivity contribution < 1.29 is 13.3 Å². The lowest BCUT2D eigenvalue weighted by atomic mass is 10.1. The molecule has 0 saturated heterocycles. The summed E-state index contributed by atoms with van der Waals surface area (Å²) in [5, 5.41) is 10.8. The van der Waals surface area contributed by atoms with Crippen molar-refractivity contribution in [1.82, 2.24) is 0 Å². The van der Waals surface area contributed by atoms with Crippen molar-refractivity contribution >= 4 is 21.4 Å². The van der Waals surface area contributed by atoms with Crippen LogP contribution < -0.4 is 4.31 Å². The monoisotopic (exact) mass is 284 g/mol. The fraction of sp³-hybridized carbons (Fsp3) is 0.500. The summed E-state index contributed by atoms with van der Waals surface area (Å²) in [4.78, 5) is 10.3. The maximum Gasteiger partial charge on any atom is 0.271 e. The van der Waals surface area contributed by atoms with Crippen LogP contribution in [0.1, 0.15) is 25.3 Å². The van der Waals surface area contributed by atoms with E-state index in [9.17, 15) is 18.5 Å². The number of anilines is 1. The van der Waals surface area contributed by atoms with Crippen molar-refractivity contribution in [3.8, 4) is 0 Å². The Kier molecular flexibility index (Phi) is 3.75. The van der Waals surface area contributed by atoms with E-state index in [1.165, 1.54) is 16.4 Å². The molecule has 6 nitrogen and oxygen atoms in total. The SMILES string of the molecule is CCCCS(=O)(=O)N1CCc2ccc([N+](=O)[O-])cc21. The third-order valence-corrected chi connectivity index (χ3v) is 5.08. The van der Waals surface area contributed by atoms with Crippen molar-refractivity contribution in [2.45, 2.75) is 26.2 Å². The number of non-ortho nitro benzene ring substituents is 1. The molecule has 0 amide bonds. The van der Waals surface area contributed by atoms with E-state index in [1.54, 1.807) is 6.07 Å². The molecule has 1 heterocycles. The first-order chi connectivity index (χ1) is 8.95. The van der Waals surface area contributed by atoms with Crippen LogP contribution in [-0.2, 0) is 16.4 Å². The van der Waals surface area contributed by atoms with Crippen LogP contribution in [0.5, 0.6) is 0 Å². The van der Waals surface area contributed by atoms with E-state index in [4.69, 9.17) is 0 Å². The molecule has 0 unspecified atom stereocenters. The summed E-state index contributed by atoms with van der Waals surface area (Å²) in [6, 6.07) is 4.41. The second-order valence-corrected chi connectivity index (χ2v) is 6.57. The summed E-state index contributed by atoms with van der Waals surface area (Å²) < 4.78 is 25.7. The van der Waals surface area contributed by atoms with Crippen LogP contribution in [0.4, 0.5) is 11.4 Å². The third kappa shape index (κ3) is 2.70. The van der Waals surface area contributed by atoms with Crippen molar-refractivity contribution in [1.29, 1.82) is 0 Å². The summed E-state index contributed by atoms with van der Waals surface area (Å²) in [5.41, 5.74) is 1.24. The number of nitrogens with zero attached hydrogens (tertiary/aromatic N) is 2. The highest BCUT2D eigenvalue weighted by Crippen LogP contribution is 2.33. The Morgan fingerprint density at radius 1 is 1.42 bits per heavy atom. The van der Waals surface area contributed by atoms with Gasteiger partial charge < -0.3 is 0 Å². The fourth-order valence-corrected chi connectivity index (χ4v) is 3.89. The van der Waals surface area contributed by atoms with Crippen LogP contribution in [-0.4, -0.2) is 25.6 Å². The average molecular weight is 284 g/mol. The Hall–Kier alpha value is -1.63. The molecule has 7 heteroatoms. The van der Waals surface area contributed by atoms with Crippen LogP contribution in [0, 0.1) is 10.1 Å². The standard InChI is InChI=1S/C12H16N2O4S/c1-2-3-8-19(17,18)13-7-6-10-4-5-11(14(15)16)9-12(10)13/h4-5,9H,2-3,6-8H2,1H3. The highest BCUT2D eigenvalue weighted by molar-refractivity contribution is 7.92. The number of fused-ring (bicyclic) bond motifs is 1. The van der Waals surface area contributed by atoms with Gasteiger partial charge in [0, 0.05) is 18.7 Å². The van der Waals surface area contributed by atoms with Gasteiger partial charge >= 0.3 is 0 Å². The molecule has 1 aromatic rings. The number of hydrogen-bond donors (Lipinski definition) is 0. The molecule has 1 aliphatic rings. The van der Waals surface area contributed by atoms with Crippen molar-refractivity contribution in [3.05, 3.63) is 33.9 Å². The average Bonchev–Trinajstić information content (AvgIpc) is 2.79. The molecule has 19 heavy (non-hydrogen) atoms. The number of nitro groups is 1. The molecule has 1 aliphatic heterocycles. The van der Waals surface area contributed by atoms with Crippen LogP contribution in [0.2, 0.25) is 0 Å². The highest BCUT2D eigenvalue weighted by Gasteiger charge is 2.30. The first-order valence-corrected chi connectivity index (χ1v) is 7.84. The van der Waals surface area contributed by atoms with E-state index in [0.29, 0.717) is 25.1 Å². The first kappa shape index (κ1) is 13.8. The minimum absolute atomic E-state index is 0.0728. The van der Waals surface area contributed by atoms with E-state index in [0.717, 1.165) is 12.0 Å². The molecule has 2 rings (SSSR count). The molecule has 0 aromatic heterocycles. The smallest absolute Gasteiger partial charge is 0.269 e. The zero-order valence-corrected chi connectivity index (χ0v) is 11.5. The van der Waals surface area contributed by atoms with E-state index < -0.39 is 14.9 Å². The second-order valence-electron chi connectivity index (χ2n) is 4.56. The van der Waals surface area contributed by atoms with Crippen molar-refractivity contribution in [2.24, 2.45) is 0 Å². The summed E-state index contributed by atoms with van der Waals surface area (Å²) in [6.07, 6.45) is 2.01. The first-order valence-electron chi connectivity index (χ1n) is 6.23. The Labute approximate surface area is 112 Å². The van der Waals surface area contributed by atoms with Crippen LogP contribution >= 0.6 is 0 Å². The summed E-state index contributed by atoms with van der Waals surface area (Å²) in [5.74, 6) is 0.0889. The largest absolute Gasteiger partial charge is 0.271 e. The van der Waals surface area contributed by atoms with Gasteiger partial charge in [-0.25, -0.2) is 8.42 Å². The van der Waals surface area contributed by atoms with Gasteiger partial charge in [0.1, 0.15) is 0 Å². The second kappa shape index (κ2) is 5.16. The molecule has 0 radical (unpaired) electrons. The van der Waals surface area contributed by atoms with Gasteiger partial charge in [-0.1, -0.05) is 19.4 Å². The van der Waals surface area contributed by atoms with E-state index in [1.807, 2.05) is 6.92 Å². The number of sulfonamides is 1. The summed E-state index contributed by atoms with van der Waals surface area (Å²) in [6.45, 7) is 2.31. The highest BCUT2D eigenvalue weighted by atomic mass is 32.2. The molecular formula is C12H16N2O4S. The van der Waals surface area contributed by atoms with E-state index in [2.05, 4.69) is 0 Å². The Morgan fingerprint density at radius 2 is 2.16 bits per heavy atom. The lowest BCUT2D eigenvalue weighted by molar-refractivity contribution is -0.384. The molecule has 0 N–H and O–H groups in total. The molecule has 0 spiro atoms. The molecule has 0 bridgehead atoms. The van der Waals surface area contributed by atoms with Gasteiger partial charge in [0.15, 0.2) is 0 Å². The van der Waals surface area contributed by atoms with E-state index in [-0.39, 0.29) is 11.4 Å². The Morgan fingerprint density at radius 3 is 2.79 bits per heavy atom. The molecular weight excluding hydrogens is 268 g/mol. The summed E-state index contributed by atoms with van der Waals surface area (Å²) in [7, 11) is -3.37. The summed E-state index contributed by atoms with van der Waals surface area (Å²) >= 11 is 0. The number of nitro benzene ring substituents is 1. The van der Waals surface area contributed by atoms with Gasteiger partial charge in [-0.05, 0) is 18.4 Å². The predicted octanol–water partition coefficient (Wildman–Crippen LogP) is 2.09. The molecule has 1 aromatic carbocycles. The number of unbranched alkanes of at least 4 members (excludes halogenated alkanes) is 1. The molecule has 0 atom stereocenters. The van der Waals surface area contributed by atoms with Crippen LogP contribution in [0.15, 0.2) is 18.2 Å². The van der Waals surface area contributed by atoms with Gasteiger partial charge in [-0.3, -0.25) is 14.4 Å². The normalized spacial score (nSPS) is 14.5. The number of hydrogen-bond acceptors (Lipinski definition) is 4. The van der Waals surface area contributed by atoms with E-state index >= 15 is 0 Å². The third-order valence-electron chi connectivity index (χ3n) is 3.22. The van der Waals surface area contributed by atoms with Crippen LogP contribution in [0.25, 0.3) is 0 Å². The van der Waals surface area contributed by atoms with Gasteiger partial charge in [0.25, 0.3) is 5.69 Å². The zero-order valence-electron chi connectivity index (χ0n) is 10.7. The Balaban J connectivity index is 2.35.